The Morgan fingerprint density at radius 2 is 2.38 bits per heavy atom. The maximum Gasteiger partial charge on any atom is 0.0549 e. The molecule has 0 saturated carbocycles. The summed E-state index contributed by atoms with van der Waals surface area (Å²) < 4.78 is 1.99. The topological polar surface area (TPSA) is 20.2 Å². The molecule has 0 amide bonds. The van der Waals surface area contributed by atoms with Crippen molar-refractivity contribution < 1.29 is 5.11 Å². The zero-order valence-corrected chi connectivity index (χ0v) is 7.34. The molecule has 0 spiro atoms. The van der Waals surface area contributed by atoms with Gasteiger partial charge in [-0.25, -0.2) is 0 Å². The molecule has 0 aromatic rings. The van der Waals surface area contributed by atoms with Crippen molar-refractivity contribution in [3.8, 4) is 0 Å². The van der Waals surface area contributed by atoms with E-state index in [9.17, 15) is 0 Å². The first-order valence-corrected chi connectivity index (χ1v) is 3.85. The van der Waals surface area contributed by atoms with Gasteiger partial charge in [0.1, 0.15) is 0 Å². The van der Waals surface area contributed by atoms with Gasteiger partial charge in [-0.05, 0) is 24.4 Å². The van der Waals surface area contributed by atoms with Crippen LogP contribution in [0, 0.1) is 0 Å². The van der Waals surface area contributed by atoms with Crippen LogP contribution in [0.3, 0.4) is 0 Å². The zero-order valence-electron chi connectivity index (χ0n) is 5.19. The van der Waals surface area contributed by atoms with E-state index in [-0.39, 0.29) is 6.10 Å². The van der Waals surface area contributed by atoms with Crippen LogP contribution in [0.1, 0.15) is 20.3 Å². The highest BCUT2D eigenvalue weighted by Crippen LogP contribution is 2.05. The van der Waals surface area contributed by atoms with Gasteiger partial charge in [0.05, 0.1) is 6.10 Å². The van der Waals surface area contributed by atoms with Gasteiger partial charge in [0.25, 0.3) is 0 Å². The number of aliphatic hydroxyl groups is 1. The van der Waals surface area contributed by atoms with Gasteiger partial charge >= 0.3 is 0 Å². The molecule has 1 atom stereocenters. The summed E-state index contributed by atoms with van der Waals surface area (Å²) in [5.41, 5.74) is 1.24. The SMILES string of the molecule is C/C(=C\I)C[C@H](C)O. The molecule has 0 rings (SSSR count). The predicted octanol–water partition coefficient (Wildman–Crippen LogP) is 2.10. The molecule has 0 fully saturated rings. The fraction of sp³-hybridized carbons (Fsp3) is 0.667. The maximum absolute atomic E-state index is 8.81. The molecule has 8 heavy (non-hydrogen) atoms. The molecule has 48 valence electrons. The minimum absolute atomic E-state index is 0.194. The van der Waals surface area contributed by atoms with Crippen LogP contribution in [-0.2, 0) is 0 Å². The second kappa shape index (κ2) is 4.32. The van der Waals surface area contributed by atoms with Crippen molar-refractivity contribution >= 4 is 22.6 Å². The van der Waals surface area contributed by atoms with Crippen LogP contribution in [0.5, 0.6) is 0 Å². The molecule has 0 aromatic carbocycles. The van der Waals surface area contributed by atoms with Crippen LogP contribution >= 0.6 is 22.6 Å². The molecule has 0 bridgehead atoms. The first kappa shape index (κ1) is 8.43. The molecule has 0 aliphatic carbocycles. The summed E-state index contributed by atoms with van der Waals surface area (Å²) in [5, 5.41) is 8.81. The van der Waals surface area contributed by atoms with Crippen LogP contribution in [0.25, 0.3) is 0 Å². The molecule has 1 nitrogen and oxygen atoms in total. The van der Waals surface area contributed by atoms with E-state index < -0.39 is 0 Å². The van der Waals surface area contributed by atoms with Gasteiger partial charge < -0.3 is 5.11 Å². The van der Waals surface area contributed by atoms with Crippen molar-refractivity contribution in [3.63, 3.8) is 0 Å². The van der Waals surface area contributed by atoms with Gasteiger partial charge in [-0.15, -0.1) is 0 Å². The molecular formula is C6H11IO. The molecule has 0 radical (unpaired) electrons. The molecule has 0 unspecified atom stereocenters. The second-order valence-corrected chi connectivity index (χ2v) is 2.63. The van der Waals surface area contributed by atoms with E-state index in [0.29, 0.717) is 0 Å². The summed E-state index contributed by atoms with van der Waals surface area (Å²) in [6.07, 6.45) is 0.601. The van der Waals surface area contributed by atoms with E-state index in [1.165, 1.54) is 5.57 Å². The number of halogens is 1. The highest BCUT2D eigenvalue weighted by atomic mass is 127. The van der Waals surface area contributed by atoms with E-state index in [1.807, 2.05) is 11.0 Å². The van der Waals surface area contributed by atoms with Crippen molar-refractivity contribution in [2.45, 2.75) is 26.4 Å². The second-order valence-electron chi connectivity index (χ2n) is 2.01. The Labute approximate surface area is 63.9 Å². The minimum atomic E-state index is -0.194. The minimum Gasteiger partial charge on any atom is -0.393 e. The van der Waals surface area contributed by atoms with Crippen LogP contribution in [-0.4, -0.2) is 11.2 Å². The first-order chi connectivity index (χ1) is 3.66. The standard InChI is InChI=1S/C6H11IO/c1-5(4-7)3-6(2)8/h4,6,8H,3H2,1-2H3/b5-4+/t6-/m0/s1. The van der Waals surface area contributed by atoms with E-state index in [0.717, 1.165) is 6.42 Å². The van der Waals surface area contributed by atoms with Crippen LogP contribution < -0.4 is 0 Å². The van der Waals surface area contributed by atoms with Crippen molar-refractivity contribution in [2.24, 2.45) is 0 Å². The number of hydrogen-bond donors (Lipinski definition) is 1. The first-order valence-electron chi connectivity index (χ1n) is 2.60. The molecular weight excluding hydrogens is 215 g/mol. The third-order valence-corrected chi connectivity index (χ3v) is 1.87. The summed E-state index contributed by atoms with van der Waals surface area (Å²) in [6.45, 7) is 3.81. The summed E-state index contributed by atoms with van der Waals surface area (Å²) >= 11 is 2.17. The quantitative estimate of drug-likeness (QED) is 0.715. The summed E-state index contributed by atoms with van der Waals surface area (Å²) in [5.74, 6) is 0. The normalized spacial score (nSPS) is 16.2. The Morgan fingerprint density at radius 3 is 2.50 bits per heavy atom. The van der Waals surface area contributed by atoms with Gasteiger partial charge in [-0.2, -0.15) is 0 Å². The lowest BCUT2D eigenvalue weighted by molar-refractivity contribution is 0.195. The molecule has 1 N–H and O–H groups in total. The van der Waals surface area contributed by atoms with Gasteiger partial charge in [-0.3, -0.25) is 0 Å². The lowest BCUT2D eigenvalue weighted by atomic mass is 10.2. The molecule has 0 heterocycles. The Balaban J connectivity index is 3.39. The average Bonchev–Trinajstić information content (AvgIpc) is 1.65. The Bertz CT molecular complexity index is 86.5. The number of aliphatic hydroxyl groups excluding tert-OH is 1. The predicted molar refractivity (Wildman–Crippen MR) is 44.1 cm³/mol. The summed E-state index contributed by atoms with van der Waals surface area (Å²) in [7, 11) is 0. The summed E-state index contributed by atoms with van der Waals surface area (Å²) in [6, 6.07) is 0. The van der Waals surface area contributed by atoms with Crippen molar-refractivity contribution in [1.29, 1.82) is 0 Å². The monoisotopic (exact) mass is 226 g/mol. The molecule has 0 aromatic heterocycles. The highest BCUT2D eigenvalue weighted by molar-refractivity contribution is 14.1. The Morgan fingerprint density at radius 1 is 1.88 bits per heavy atom. The van der Waals surface area contributed by atoms with E-state index >= 15 is 0 Å². The number of hydrogen-bond acceptors (Lipinski definition) is 1. The van der Waals surface area contributed by atoms with Gasteiger partial charge in [0.2, 0.25) is 0 Å². The van der Waals surface area contributed by atoms with Crippen LogP contribution in [0.2, 0.25) is 0 Å². The fourth-order valence-corrected chi connectivity index (χ4v) is 0.765. The fourth-order valence-electron chi connectivity index (χ4n) is 0.511. The van der Waals surface area contributed by atoms with Gasteiger partial charge in [0.15, 0.2) is 0 Å². The molecule has 0 saturated heterocycles. The largest absolute Gasteiger partial charge is 0.393 e. The lowest BCUT2D eigenvalue weighted by Crippen LogP contribution is -1.98. The van der Waals surface area contributed by atoms with E-state index in [1.54, 1.807) is 6.92 Å². The number of rotatable bonds is 2. The molecule has 0 aliphatic rings. The van der Waals surface area contributed by atoms with Crippen molar-refractivity contribution in [1.82, 2.24) is 0 Å². The van der Waals surface area contributed by atoms with E-state index in [2.05, 4.69) is 22.6 Å². The Hall–Kier alpha value is 0.430. The van der Waals surface area contributed by atoms with Crippen molar-refractivity contribution in [2.75, 3.05) is 0 Å². The highest BCUT2D eigenvalue weighted by Gasteiger charge is 1.94. The lowest BCUT2D eigenvalue weighted by Gasteiger charge is -2.00. The van der Waals surface area contributed by atoms with Gasteiger partial charge in [0, 0.05) is 0 Å². The molecule has 2 heteroatoms. The van der Waals surface area contributed by atoms with E-state index in [4.69, 9.17) is 5.11 Å². The van der Waals surface area contributed by atoms with Crippen molar-refractivity contribution in [3.05, 3.63) is 9.66 Å². The van der Waals surface area contributed by atoms with Crippen LogP contribution in [0.15, 0.2) is 9.66 Å². The maximum atomic E-state index is 8.81. The molecule has 0 aliphatic heterocycles. The third kappa shape index (κ3) is 4.59. The Kier molecular flexibility index (Phi) is 4.56. The third-order valence-electron chi connectivity index (χ3n) is 0.804. The smallest absolute Gasteiger partial charge is 0.0549 e. The zero-order chi connectivity index (χ0) is 6.57. The van der Waals surface area contributed by atoms with Gasteiger partial charge in [-0.1, -0.05) is 28.2 Å². The summed E-state index contributed by atoms with van der Waals surface area (Å²) in [4.78, 5) is 0. The average molecular weight is 226 g/mol. The van der Waals surface area contributed by atoms with Crippen LogP contribution in [0.4, 0.5) is 0 Å².